The second-order valence-electron chi connectivity index (χ2n) is 5.59. The maximum atomic E-state index is 11.0. The molecule has 1 aliphatic heterocycles. The average Bonchev–Trinajstić information content (AvgIpc) is 2.75. The van der Waals surface area contributed by atoms with Gasteiger partial charge < -0.3 is 0 Å². The molecule has 2 aliphatic rings. The van der Waals surface area contributed by atoms with Gasteiger partial charge in [-0.2, -0.15) is 0 Å². The third-order valence-corrected chi connectivity index (χ3v) is 5.33. The molecule has 0 N–H and O–H groups in total. The molecule has 1 aromatic heterocycles. The van der Waals surface area contributed by atoms with E-state index >= 15 is 0 Å². The van der Waals surface area contributed by atoms with Crippen molar-refractivity contribution in [2.75, 3.05) is 13.1 Å². The number of thiophene rings is 1. The molecule has 18 heavy (non-hydrogen) atoms. The van der Waals surface area contributed by atoms with E-state index in [9.17, 15) is 4.79 Å². The fraction of sp³-hybridized carbons (Fsp3) is 0.533. The van der Waals surface area contributed by atoms with Gasteiger partial charge in [-0.1, -0.05) is 6.08 Å². The van der Waals surface area contributed by atoms with Gasteiger partial charge in [-0.3, -0.25) is 9.69 Å². The van der Waals surface area contributed by atoms with E-state index in [0.717, 1.165) is 24.0 Å². The van der Waals surface area contributed by atoms with Crippen LogP contribution in [-0.2, 0) is 0 Å². The molecule has 1 aromatic rings. The van der Waals surface area contributed by atoms with E-state index in [1.807, 2.05) is 5.38 Å². The minimum absolute atomic E-state index is 0.360. The number of carbonyl (C=O) groups is 1. The van der Waals surface area contributed by atoms with Crippen LogP contribution in [0.25, 0.3) is 5.57 Å². The second-order valence-corrected chi connectivity index (χ2v) is 6.54. The summed E-state index contributed by atoms with van der Waals surface area (Å²) in [5.74, 6) is 0. The van der Waals surface area contributed by atoms with Crippen molar-refractivity contribution in [1.29, 1.82) is 0 Å². The number of nitrogens with zero attached hydrogens (tertiary/aromatic N) is 1. The van der Waals surface area contributed by atoms with Crippen molar-refractivity contribution in [2.45, 2.75) is 38.1 Å². The summed E-state index contributed by atoms with van der Waals surface area (Å²) in [6, 6.07) is 2.09. The largest absolute Gasteiger partial charge is 0.298 e. The zero-order valence-corrected chi connectivity index (χ0v) is 11.6. The first-order valence-corrected chi connectivity index (χ1v) is 7.58. The lowest BCUT2D eigenvalue weighted by molar-refractivity contribution is 0.0361. The summed E-state index contributed by atoms with van der Waals surface area (Å²) in [6.07, 6.45) is 8.14. The summed E-state index contributed by atoms with van der Waals surface area (Å²) in [5, 5.41) is 2.02. The van der Waals surface area contributed by atoms with Crippen LogP contribution in [0.3, 0.4) is 0 Å². The Morgan fingerprint density at radius 3 is 2.83 bits per heavy atom. The zero-order chi connectivity index (χ0) is 12.6. The number of hydrogen-bond acceptors (Lipinski definition) is 3. The molecule has 2 heterocycles. The molecule has 1 saturated heterocycles. The molecule has 0 saturated carbocycles. The van der Waals surface area contributed by atoms with E-state index in [0.29, 0.717) is 5.54 Å². The highest BCUT2D eigenvalue weighted by molar-refractivity contribution is 7.12. The van der Waals surface area contributed by atoms with E-state index < -0.39 is 0 Å². The van der Waals surface area contributed by atoms with Crippen molar-refractivity contribution in [3.05, 3.63) is 28.0 Å². The molecule has 1 atom stereocenters. The highest BCUT2D eigenvalue weighted by Gasteiger charge is 2.36. The van der Waals surface area contributed by atoms with E-state index in [4.69, 9.17) is 0 Å². The average molecular weight is 261 g/mol. The first kappa shape index (κ1) is 12.1. The number of hydrogen-bond donors (Lipinski definition) is 0. The molecule has 0 bridgehead atoms. The molecule has 96 valence electrons. The molecule has 2 nitrogen and oxygen atoms in total. The van der Waals surface area contributed by atoms with Crippen LogP contribution in [0.1, 0.15) is 47.8 Å². The predicted molar refractivity (Wildman–Crippen MR) is 76.1 cm³/mol. The second kappa shape index (κ2) is 4.63. The molecule has 0 amide bonds. The Morgan fingerprint density at radius 1 is 1.44 bits per heavy atom. The molecular formula is C15H19NOS. The smallest absolute Gasteiger partial charge is 0.160 e. The van der Waals surface area contributed by atoms with Crippen molar-refractivity contribution in [1.82, 2.24) is 4.90 Å². The van der Waals surface area contributed by atoms with E-state index in [-0.39, 0.29) is 0 Å². The zero-order valence-electron chi connectivity index (χ0n) is 10.8. The van der Waals surface area contributed by atoms with E-state index in [2.05, 4.69) is 24.0 Å². The normalized spacial score (nSPS) is 28.6. The molecule has 3 heteroatoms. The summed E-state index contributed by atoms with van der Waals surface area (Å²) in [5.41, 5.74) is 2.90. The van der Waals surface area contributed by atoms with Crippen LogP contribution < -0.4 is 0 Å². The minimum atomic E-state index is 0.360. The molecule has 3 rings (SSSR count). The highest BCUT2D eigenvalue weighted by atomic mass is 32.1. The fourth-order valence-corrected chi connectivity index (χ4v) is 3.75. The van der Waals surface area contributed by atoms with Crippen LogP contribution in [0.2, 0.25) is 0 Å². The number of aldehydes is 1. The third kappa shape index (κ3) is 1.95. The SMILES string of the molecule is CC1(N2CCC2)CC=C(c2ccsc2C=O)CC1. The van der Waals surface area contributed by atoms with Crippen LogP contribution >= 0.6 is 11.3 Å². The Morgan fingerprint density at radius 2 is 2.28 bits per heavy atom. The van der Waals surface area contributed by atoms with Gasteiger partial charge in [0.15, 0.2) is 6.29 Å². The number of likely N-dealkylation sites (tertiary alicyclic amines) is 1. The molecule has 0 radical (unpaired) electrons. The van der Waals surface area contributed by atoms with Gasteiger partial charge in [-0.15, -0.1) is 11.3 Å². The summed E-state index contributed by atoms with van der Waals surface area (Å²) in [6.45, 7) is 4.91. The molecular weight excluding hydrogens is 242 g/mol. The topological polar surface area (TPSA) is 20.3 Å². The maximum Gasteiger partial charge on any atom is 0.160 e. The van der Waals surface area contributed by atoms with Crippen LogP contribution in [0.5, 0.6) is 0 Å². The van der Waals surface area contributed by atoms with Gasteiger partial charge >= 0.3 is 0 Å². The first-order valence-electron chi connectivity index (χ1n) is 6.70. The summed E-state index contributed by atoms with van der Waals surface area (Å²) < 4.78 is 0. The van der Waals surface area contributed by atoms with Gasteiger partial charge in [0.2, 0.25) is 0 Å². The number of carbonyl (C=O) groups excluding carboxylic acids is 1. The van der Waals surface area contributed by atoms with Gasteiger partial charge in [0.05, 0.1) is 4.88 Å². The van der Waals surface area contributed by atoms with Crippen molar-refractivity contribution >= 4 is 23.2 Å². The molecule has 1 aliphatic carbocycles. The van der Waals surface area contributed by atoms with Crippen molar-refractivity contribution in [3.63, 3.8) is 0 Å². The lowest BCUT2D eigenvalue weighted by Gasteiger charge is -2.48. The highest BCUT2D eigenvalue weighted by Crippen LogP contribution is 2.39. The van der Waals surface area contributed by atoms with Crippen LogP contribution in [-0.4, -0.2) is 29.8 Å². The molecule has 1 fully saturated rings. The van der Waals surface area contributed by atoms with Gasteiger partial charge in [0.25, 0.3) is 0 Å². The first-order chi connectivity index (χ1) is 8.73. The molecule has 0 aromatic carbocycles. The van der Waals surface area contributed by atoms with E-state index in [1.165, 1.54) is 37.1 Å². The van der Waals surface area contributed by atoms with Crippen LogP contribution in [0.15, 0.2) is 17.5 Å². The van der Waals surface area contributed by atoms with Crippen molar-refractivity contribution < 1.29 is 4.79 Å². The third-order valence-electron chi connectivity index (χ3n) is 4.49. The Labute approximate surface area is 112 Å². The Bertz CT molecular complexity index is 486. The standard InChI is InChI=1S/C15H19NOS/c1-15(16-8-2-9-16)6-3-12(4-7-15)13-5-10-18-14(13)11-17/h3,5,10-11H,2,4,6-9H2,1H3. The number of rotatable bonds is 3. The van der Waals surface area contributed by atoms with Gasteiger partial charge in [0, 0.05) is 5.54 Å². The van der Waals surface area contributed by atoms with Crippen molar-refractivity contribution in [3.8, 4) is 0 Å². The summed E-state index contributed by atoms with van der Waals surface area (Å²) >= 11 is 1.55. The van der Waals surface area contributed by atoms with Gasteiger partial charge in [-0.05, 0) is 68.3 Å². The van der Waals surface area contributed by atoms with Crippen LogP contribution in [0, 0.1) is 0 Å². The Hall–Kier alpha value is -0.930. The predicted octanol–water partition coefficient (Wildman–Crippen LogP) is 3.59. The number of allylic oxidation sites excluding steroid dienone is 1. The fourth-order valence-electron chi connectivity index (χ4n) is 3.02. The van der Waals surface area contributed by atoms with Crippen LogP contribution in [0.4, 0.5) is 0 Å². The molecule has 0 spiro atoms. The van der Waals surface area contributed by atoms with Gasteiger partial charge in [0.1, 0.15) is 0 Å². The Balaban J connectivity index is 1.79. The lowest BCUT2D eigenvalue weighted by atomic mass is 9.79. The van der Waals surface area contributed by atoms with E-state index in [1.54, 1.807) is 11.3 Å². The van der Waals surface area contributed by atoms with Gasteiger partial charge in [-0.25, -0.2) is 0 Å². The lowest BCUT2D eigenvalue weighted by Crippen LogP contribution is -2.53. The monoisotopic (exact) mass is 261 g/mol. The molecule has 1 unspecified atom stereocenters. The minimum Gasteiger partial charge on any atom is -0.298 e. The Kier molecular flexibility index (Phi) is 3.12. The summed E-state index contributed by atoms with van der Waals surface area (Å²) in [7, 11) is 0. The summed E-state index contributed by atoms with van der Waals surface area (Å²) in [4.78, 5) is 14.5. The maximum absolute atomic E-state index is 11.0. The quantitative estimate of drug-likeness (QED) is 0.775. The van der Waals surface area contributed by atoms with Crippen molar-refractivity contribution in [2.24, 2.45) is 0 Å².